The summed E-state index contributed by atoms with van der Waals surface area (Å²) in [6, 6.07) is 0.0940. The summed E-state index contributed by atoms with van der Waals surface area (Å²) < 4.78 is 0. The molecule has 1 amide bonds. The lowest BCUT2D eigenvalue weighted by atomic mass is 9.99. The van der Waals surface area contributed by atoms with E-state index in [1.165, 1.54) is 0 Å². The van der Waals surface area contributed by atoms with E-state index in [0.29, 0.717) is 5.92 Å². The monoisotopic (exact) mass is 274 g/mol. The predicted octanol–water partition coefficient (Wildman–Crippen LogP) is 0.427. The third-order valence-electron chi connectivity index (χ3n) is 2.65. The van der Waals surface area contributed by atoms with Crippen LogP contribution in [-0.2, 0) is 4.79 Å². The smallest absolute Gasteiger partial charge is 0.265 e. The molecule has 2 aliphatic rings. The van der Waals surface area contributed by atoms with Crippen molar-refractivity contribution in [2.45, 2.75) is 37.2 Å². The fourth-order valence-electron chi connectivity index (χ4n) is 2.00. The maximum atomic E-state index is 11.6. The van der Waals surface area contributed by atoms with E-state index >= 15 is 0 Å². The quantitative estimate of drug-likeness (QED) is 0.718. The standard InChI is InChI=1S/C9H15BrN4O/c1-5(2)3-6-7(10)8-9(15)12-11-4-14(8)13-6/h4-8,13H,3H2,1-2H3,(H,12,15). The summed E-state index contributed by atoms with van der Waals surface area (Å²) in [6.45, 7) is 4.35. The van der Waals surface area contributed by atoms with Gasteiger partial charge in [0.1, 0.15) is 12.4 Å². The second-order valence-corrected chi connectivity index (χ2v) is 5.44. The van der Waals surface area contributed by atoms with Crippen LogP contribution in [0.2, 0.25) is 0 Å². The average molecular weight is 275 g/mol. The van der Waals surface area contributed by atoms with E-state index in [1.807, 2.05) is 0 Å². The van der Waals surface area contributed by atoms with Crippen LogP contribution >= 0.6 is 15.9 Å². The Morgan fingerprint density at radius 2 is 2.40 bits per heavy atom. The molecule has 0 aromatic heterocycles. The number of amides is 1. The number of hydrogen-bond acceptors (Lipinski definition) is 4. The highest BCUT2D eigenvalue weighted by atomic mass is 79.9. The van der Waals surface area contributed by atoms with Crippen LogP contribution in [-0.4, -0.2) is 34.2 Å². The lowest BCUT2D eigenvalue weighted by molar-refractivity contribution is -0.125. The zero-order chi connectivity index (χ0) is 11.0. The molecule has 6 heteroatoms. The van der Waals surface area contributed by atoms with Crippen LogP contribution in [0.25, 0.3) is 0 Å². The number of fused-ring (bicyclic) bond motifs is 1. The second-order valence-electron chi connectivity index (χ2n) is 4.38. The molecule has 2 aliphatic heterocycles. The Morgan fingerprint density at radius 3 is 3.00 bits per heavy atom. The van der Waals surface area contributed by atoms with Crippen LogP contribution < -0.4 is 10.9 Å². The molecule has 15 heavy (non-hydrogen) atoms. The number of carbonyl (C=O) groups excluding carboxylic acids is 1. The molecule has 0 bridgehead atoms. The molecule has 3 atom stereocenters. The molecule has 0 aromatic carbocycles. The van der Waals surface area contributed by atoms with E-state index in [9.17, 15) is 4.79 Å². The Morgan fingerprint density at radius 1 is 1.67 bits per heavy atom. The highest BCUT2D eigenvalue weighted by molar-refractivity contribution is 9.09. The summed E-state index contributed by atoms with van der Waals surface area (Å²) >= 11 is 3.59. The summed E-state index contributed by atoms with van der Waals surface area (Å²) in [5.41, 5.74) is 5.76. The fourth-order valence-corrected chi connectivity index (χ4v) is 2.83. The van der Waals surface area contributed by atoms with E-state index in [-0.39, 0.29) is 22.8 Å². The number of halogens is 1. The molecule has 0 saturated carbocycles. The van der Waals surface area contributed by atoms with Gasteiger partial charge < -0.3 is 0 Å². The first-order chi connectivity index (χ1) is 7.09. The van der Waals surface area contributed by atoms with Gasteiger partial charge in [0.2, 0.25) is 0 Å². The highest BCUT2D eigenvalue weighted by Crippen LogP contribution is 2.27. The number of nitrogens with one attached hydrogen (secondary N) is 2. The lowest BCUT2D eigenvalue weighted by Crippen LogP contribution is -2.50. The molecule has 5 nitrogen and oxygen atoms in total. The second kappa shape index (κ2) is 4.09. The predicted molar refractivity (Wildman–Crippen MR) is 61.4 cm³/mol. The van der Waals surface area contributed by atoms with Crippen LogP contribution in [0.4, 0.5) is 0 Å². The van der Waals surface area contributed by atoms with Crippen molar-refractivity contribution in [2.75, 3.05) is 0 Å². The van der Waals surface area contributed by atoms with Gasteiger partial charge in [-0.3, -0.25) is 9.80 Å². The molecule has 2 heterocycles. The Bertz CT molecular complexity index is 294. The number of hydrazone groups is 1. The number of carbonyl (C=O) groups is 1. The molecule has 0 aromatic rings. The first-order valence-corrected chi connectivity index (χ1v) is 6.03. The first-order valence-electron chi connectivity index (χ1n) is 5.11. The number of hydrazine groups is 1. The van der Waals surface area contributed by atoms with Crippen LogP contribution in [0.1, 0.15) is 20.3 Å². The Kier molecular flexibility index (Phi) is 2.97. The molecule has 3 unspecified atom stereocenters. The maximum absolute atomic E-state index is 11.6. The lowest BCUT2D eigenvalue weighted by Gasteiger charge is -2.24. The van der Waals surface area contributed by atoms with Crippen molar-refractivity contribution in [3.05, 3.63) is 0 Å². The van der Waals surface area contributed by atoms with Crippen LogP contribution in [0.3, 0.4) is 0 Å². The third kappa shape index (κ3) is 2.01. The van der Waals surface area contributed by atoms with Gasteiger partial charge in [-0.25, -0.2) is 10.9 Å². The Labute approximate surface area is 97.4 Å². The van der Waals surface area contributed by atoms with Gasteiger partial charge in [-0.15, -0.1) is 0 Å². The van der Waals surface area contributed by atoms with E-state index in [1.54, 1.807) is 11.3 Å². The van der Waals surface area contributed by atoms with Gasteiger partial charge in [-0.2, -0.15) is 5.10 Å². The van der Waals surface area contributed by atoms with Crippen molar-refractivity contribution in [3.8, 4) is 0 Å². The SMILES string of the molecule is CC(C)CC1NN2C=NNC(=O)C2C1Br. The van der Waals surface area contributed by atoms with E-state index < -0.39 is 0 Å². The Balaban J connectivity index is 2.10. The van der Waals surface area contributed by atoms with E-state index in [0.717, 1.165) is 6.42 Å². The maximum Gasteiger partial charge on any atom is 0.265 e. The summed E-state index contributed by atoms with van der Waals surface area (Å²) in [4.78, 5) is 11.7. The minimum absolute atomic E-state index is 0.0573. The summed E-state index contributed by atoms with van der Waals surface area (Å²) in [5.74, 6) is 0.544. The zero-order valence-corrected chi connectivity index (χ0v) is 10.4. The molecule has 2 rings (SSSR count). The van der Waals surface area contributed by atoms with Gasteiger partial charge in [-0.1, -0.05) is 29.8 Å². The number of alkyl halides is 1. The number of nitrogens with zero attached hydrogens (tertiary/aromatic N) is 2. The van der Waals surface area contributed by atoms with Gasteiger partial charge in [0.15, 0.2) is 0 Å². The topological polar surface area (TPSA) is 56.7 Å². The molecule has 84 valence electrons. The van der Waals surface area contributed by atoms with Crippen LogP contribution in [0.15, 0.2) is 5.10 Å². The van der Waals surface area contributed by atoms with E-state index in [4.69, 9.17) is 0 Å². The van der Waals surface area contributed by atoms with Gasteiger partial charge in [0.05, 0.1) is 4.83 Å². The summed E-state index contributed by atoms with van der Waals surface area (Å²) in [6.07, 6.45) is 2.66. The summed E-state index contributed by atoms with van der Waals surface area (Å²) in [7, 11) is 0. The molecule has 0 spiro atoms. The largest absolute Gasteiger partial charge is 0.283 e. The van der Waals surface area contributed by atoms with Crippen molar-refractivity contribution < 1.29 is 4.79 Å². The van der Waals surface area contributed by atoms with Gasteiger partial charge in [0.25, 0.3) is 5.91 Å². The van der Waals surface area contributed by atoms with Crippen molar-refractivity contribution in [2.24, 2.45) is 11.0 Å². The zero-order valence-electron chi connectivity index (χ0n) is 8.77. The van der Waals surface area contributed by atoms with Crippen LogP contribution in [0.5, 0.6) is 0 Å². The van der Waals surface area contributed by atoms with Gasteiger partial charge in [0, 0.05) is 6.04 Å². The molecule has 1 fully saturated rings. The molecule has 0 aliphatic carbocycles. The molecular weight excluding hydrogens is 260 g/mol. The van der Waals surface area contributed by atoms with Gasteiger partial charge in [-0.05, 0) is 12.3 Å². The number of hydrogen-bond donors (Lipinski definition) is 2. The molecule has 0 radical (unpaired) electrons. The fraction of sp³-hybridized carbons (Fsp3) is 0.778. The third-order valence-corrected chi connectivity index (χ3v) is 3.79. The van der Waals surface area contributed by atoms with E-state index in [2.05, 4.69) is 45.7 Å². The van der Waals surface area contributed by atoms with Gasteiger partial charge >= 0.3 is 0 Å². The normalized spacial score (nSPS) is 34.5. The molecular formula is C9H15BrN4O. The average Bonchev–Trinajstić information content (AvgIpc) is 2.44. The van der Waals surface area contributed by atoms with Crippen molar-refractivity contribution in [1.82, 2.24) is 15.9 Å². The van der Waals surface area contributed by atoms with Crippen LogP contribution in [0, 0.1) is 5.92 Å². The minimum Gasteiger partial charge on any atom is -0.283 e. The van der Waals surface area contributed by atoms with Crippen molar-refractivity contribution >= 4 is 28.2 Å². The Hall–Kier alpha value is -0.620. The highest BCUT2D eigenvalue weighted by Gasteiger charge is 2.44. The van der Waals surface area contributed by atoms with Crippen molar-refractivity contribution in [1.29, 1.82) is 0 Å². The molecule has 1 saturated heterocycles. The first kappa shape index (κ1) is 10.9. The molecule has 2 N–H and O–H groups in total. The van der Waals surface area contributed by atoms with Crippen molar-refractivity contribution in [3.63, 3.8) is 0 Å². The minimum atomic E-state index is -0.189. The summed E-state index contributed by atoms with van der Waals surface area (Å²) in [5, 5.41) is 5.55. The number of rotatable bonds is 2.